The number of benzene rings is 1. The molecule has 5 heteroatoms. The normalized spacial score (nSPS) is 26.2. The van der Waals surface area contributed by atoms with Crippen LogP contribution in [-0.2, 0) is 4.74 Å². The number of hydrogen-bond acceptors (Lipinski definition) is 3. The topological polar surface area (TPSA) is 53.6 Å². The average molecular weight is 360 g/mol. The van der Waals surface area contributed by atoms with E-state index in [1.165, 1.54) is 44.3 Å². The minimum Gasteiger partial charge on any atom is -0.378 e. The fourth-order valence-electron chi connectivity index (χ4n) is 4.09. The number of aryl methyl sites for hydroxylation is 1. The van der Waals surface area contributed by atoms with Crippen LogP contribution in [0, 0.1) is 18.8 Å². The molecule has 3 rings (SSSR count). The van der Waals surface area contributed by atoms with E-state index in [-0.39, 0.29) is 6.03 Å². The standard InChI is InChI=1S/C21H33N3O2/c1-3-26-20-11-18(12-20)15-24-10-4-5-17(14-24)13-22-21(25)23-19-8-6-16(2)7-9-19/h6-9,17-18,20H,3-5,10-15H2,1-2H3,(H2,22,23,25). The number of likely N-dealkylation sites (tertiary alicyclic amines) is 1. The number of hydrogen-bond donors (Lipinski definition) is 2. The number of urea groups is 1. The van der Waals surface area contributed by atoms with E-state index >= 15 is 0 Å². The number of amides is 2. The SMILES string of the molecule is CCOC1CC(CN2CCCC(CNC(=O)Nc3ccc(C)cc3)C2)C1. The van der Waals surface area contributed by atoms with Crippen LogP contribution in [0.25, 0.3) is 0 Å². The van der Waals surface area contributed by atoms with Crippen molar-refractivity contribution in [2.24, 2.45) is 11.8 Å². The maximum atomic E-state index is 12.1. The van der Waals surface area contributed by atoms with Gasteiger partial charge in [-0.3, -0.25) is 0 Å². The molecule has 0 spiro atoms. The van der Waals surface area contributed by atoms with Crippen molar-refractivity contribution in [2.75, 3.05) is 38.1 Å². The monoisotopic (exact) mass is 359 g/mol. The van der Waals surface area contributed by atoms with Crippen LogP contribution in [0.5, 0.6) is 0 Å². The van der Waals surface area contributed by atoms with Crippen LogP contribution in [0.4, 0.5) is 10.5 Å². The molecule has 1 aromatic carbocycles. The Kier molecular flexibility index (Phi) is 6.92. The molecule has 1 atom stereocenters. The lowest BCUT2D eigenvalue weighted by Crippen LogP contribution is -2.46. The van der Waals surface area contributed by atoms with Crippen LogP contribution in [0.3, 0.4) is 0 Å². The molecule has 2 amide bonds. The first kappa shape index (κ1) is 19.2. The Morgan fingerprint density at radius 2 is 2.00 bits per heavy atom. The predicted octanol–water partition coefficient (Wildman–Crippen LogP) is 3.64. The van der Waals surface area contributed by atoms with Crippen LogP contribution in [-0.4, -0.2) is 49.8 Å². The van der Waals surface area contributed by atoms with Gasteiger partial charge in [-0.1, -0.05) is 17.7 Å². The van der Waals surface area contributed by atoms with Gasteiger partial charge in [0.25, 0.3) is 0 Å². The second-order valence-electron chi connectivity index (χ2n) is 7.88. The van der Waals surface area contributed by atoms with Gasteiger partial charge in [-0.05, 0) is 70.0 Å². The minimum absolute atomic E-state index is 0.107. The van der Waals surface area contributed by atoms with Crippen LogP contribution >= 0.6 is 0 Å². The minimum atomic E-state index is -0.107. The Labute approximate surface area is 157 Å². The quantitative estimate of drug-likeness (QED) is 0.781. The Morgan fingerprint density at radius 1 is 1.23 bits per heavy atom. The van der Waals surface area contributed by atoms with Gasteiger partial charge in [0.2, 0.25) is 0 Å². The van der Waals surface area contributed by atoms with Crippen molar-refractivity contribution in [2.45, 2.75) is 45.6 Å². The number of ether oxygens (including phenoxy) is 1. The highest BCUT2D eigenvalue weighted by Crippen LogP contribution is 2.31. The number of carbonyl (C=O) groups is 1. The molecule has 5 nitrogen and oxygen atoms in total. The summed E-state index contributed by atoms with van der Waals surface area (Å²) in [6.07, 6.45) is 5.36. The fraction of sp³-hybridized carbons (Fsp3) is 0.667. The Morgan fingerprint density at radius 3 is 2.73 bits per heavy atom. The molecule has 2 fully saturated rings. The molecular formula is C21H33N3O2. The molecule has 0 aromatic heterocycles. The summed E-state index contributed by atoms with van der Waals surface area (Å²) in [6.45, 7) is 9.18. The fourth-order valence-corrected chi connectivity index (χ4v) is 4.09. The Balaban J connectivity index is 1.34. The molecule has 2 N–H and O–H groups in total. The number of nitrogens with zero attached hydrogens (tertiary/aromatic N) is 1. The molecule has 1 aliphatic heterocycles. The molecule has 2 aliphatic rings. The molecule has 1 saturated heterocycles. The summed E-state index contributed by atoms with van der Waals surface area (Å²) in [5, 5.41) is 5.95. The lowest BCUT2D eigenvalue weighted by molar-refractivity contribution is -0.0364. The number of carbonyl (C=O) groups excluding carboxylic acids is 1. The molecule has 1 saturated carbocycles. The van der Waals surface area contributed by atoms with Crippen molar-refractivity contribution in [3.05, 3.63) is 29.8 Å². The molecule has 1 unspecified atom stereocenters. The van der Waals surface area contributed by atoms with Gasteiger partial charge in [0.1, 0.15) is 0 Å². The van der Waals surface area contributed by atoms with E-state index in [0.717, 1.165) is 31.3 Å². The van der Waals surface area contributed by atoms with Gasteiger partial charge in [0.15, 0.2) is 0 Å². The summed E-state index contributed by atoms with van der Waals surface area (Å²) in [6, 6.07) is 7.78. The van der Waals surface area contributed by atoms with E-state index in [0.29, 0.717) is 12.0 Å². The second-order valence-corrected chi connectivity index (χ2v) is 7.88. The van der Waals surface area contributed by atoms with E-state index in [1.54, 1.807) is 0 Å². The first-order valence-corrected chi connectivity index (χ1v) is 10.1. The van der Waals surface area contributed by atoms with Gasteiger partial charge in [-0.15, -0.1) is 0 Å². The zero-order chi connectivity index (χ0) is 18.4. The molecule has 26 heavy (non-hydrogen) atoms. The van der Waals surface area contributed by atoms with E-state index in [4.69, 9.17) is 4.74 Å². The third-order valence-corrected chi connectivity index (χ3v) is 5.58. The van der Waals surface area contributed by atoms with E-state index in [1.807, 2.05) is 31.2 Å². The van der Waals surface area contributed by atoms with Crippen LogP contribution in [0.2, 0.25) is 0 Å². The Hall–Kier alpha value is -1.59. The summed E-state index contributed by atoms with van der Waals surface area (Å²) in [5.74, 6) is 1.35. The van der Waals surface area contributed by atoms with Gasteiger partial charge < -0.3 is 20.3 Å². The van der Waals surface area contributed by atoms with Gasteiger partial charge in [-0.25, -0.2) is 4.79 Å². The van der Waals surface area contributed by atoms with Gasteiger partial charge in [0.05, 0.1) is 6.10 Å². The first-order chi connectivity index (χ1) is 12.6. The number of anilines is 1. The molecular weight excluding hydrogens is 326 g/mol. The van der Waals surface area contributed by atoms with Crippen molar-refractivity contribution in [3.8, 4) is 0 Å². The number of nitrogens with one attached hydrogen (secondary N) is 2. The smallest absolute Gasteiger partial charge is 0.319 e. The third kappa shape index (κ3) is 5.71. The van der Waals surface area contributed by atoms with Crippen molar-refractivity contribution in [1.29, 1.82) is 0 Å². The molecule has 1 aromatic rings. The van der Waals surface area contributed by atoms with E-state index in [2.05, 4.69) is 22.5 Å². The maximum absolute atomic E-state index is 12.1. The number of piperidine rings is 1. The molecule has 144 valence electrons. The summed E-state index contributed by atoms with van der Waals surface area (Å²) >= 11 is 0. The maximum Gasteiger partial charge on any atom is 0.319 e. The highest BCUT2D eigenvalue weighted by Gasteiger charge is 2.32. The van der Waals surface area contributed by atoms with Crippen molar-refractivity contribution in [1.82, 2.24) is 10.2 Å². The molecule has 0 bridgehead atoms. The zero-order valence-electron chi connectivity index (χ0n) is 16.2. The summed E-state index contributed by atoms with van der Waals surface area (Å²) in [5.41, 5.74) is 2.03. The second kappa shape index (κ2) is 9.38. The van der Waals surface area contributed by atoms with E-state index < -0.39 is 0 Å². The van der Waals surface area contributed by atoms with Crippen molar-refractivity contribution < 1.29 is 9.53 Å². The number of rotatable bonds is 7. The molecule has 0 radical (unpaired) electrons. The van der Waals surface area contributed by atoms with Gasteiger partial charge in [-0.2, -0.15) is 0 Å². The largest absolute Gasteiger partial charge is 0.378 e. The van der Waals surface area contributed by atoms with Crippen molar-refractivity contribution >= 4 is 11.7 Å². The van der Waals surface area contributed by atoms with Crippen LogP contribution < -0.4 is 10.6 Å². The lowest BCUT2D eigenvalue weighted by atomic mass is 9.81. The Bertz CT molecular complexity index is 569. The van der Waals surface area contributed by atoms with Crippen molar-refractivity contribution in [3.63, 3.8) is 0 Å². The van der Waals surface area contributed by atoms with E-state index in [9.17, 15) is 4.79 Å². The van der Waals surface area contributed by atoms with Gasteiger partial charge in [0, 0.05) is 31.9 Å². The predicted molar refractivity (Wildman–Crippen MR) is 106 cm³/mol. The molecule has 1 aliphatic carbocycles. The summed E-state index contributed by atoms with van der Waals surface area (Å²) < 4.78 is 5.67. The van der Waals surface area contributed by atoms with Crippen LogP contribution in [0.1, 0.15) is 38.2 Å². The lowest BCUT2D eigenvalue weighted by Gasteiger charge is -2.41. The average Bonchev–Trinajstić information content (AvgIpc) is 2.61. The van der Waals surface area contributed by atoms with Gasteiger partial charge >= 0.3 is 6.03 Å². The zero-order valence-corrected chi connectivity index (χ0v) is 16.2. The summed E-state index contributed by atoms with van der Waals surface area (Å²) in [4.78, 5) is 14.7. The highest BCUT2D eigenvalue weighted by molar-refractivity contribution is 5.89. The highest BCUT2D eigenvalue weighted by atomic mass is 16.5. The third-order valence-electron chi connectivity index (χ3n) is 5.58. The summed E-state index contributed by atoms with van der Waals surface area (Å²) in [7, 11) is 0. The molecule has 1 heterocycles. The first-order valence-electron chi connectivity index (χ1n) is 10.1. The van der Waals surface area contributed by atoms with Crippen LogP contribution in [0.15, 0.2) is 24.3 Å².